The SMILES string of the molecule is Cc1csc2c(F)cc(Cl)cc12. The molecular weight excluding hydrogens is 195 g/mol. The highest BCUT2D eigenvalue weighted by atomic mass is 35.5. The van der Waals surface area contributed by atoms with E-state index in [4.69, 9.17) is 11.6 Å². The first-order valence-corrected chi connectivity index (χ1v) is 4.77. The minimum atomic E-state index is -0.226. The van der Waals surface area contributed by atoms with Gasteiger partial charge in [-0.2, -0.15) is 0 Å². The Morgan fingerprint density at radius 1 is 1.42 bits per heavy atom. The van der Waals surface area contributed by atoms with E-state index in [9.17, 15) is 4.39 Å². The summed E-state index contributed by atoms with van der Waals surface area (Å²) in [5.41, 5.74) is 1.08. The van der Waals surface area contributed by atoms with E-state index < -0.39 is 0 Å². The Morgan fingerprint density at radius 3 is 2.92 bits per heavy atom. The van der Waals surface area contributed by atoms with E-state index >= 15 is 0 Å². The van der Waals surface area contributed by atoms with Crippen molar-refractivity contribution in [2.75, 3.05) is 0 Å². The Kier molecular flexibility index (Phi) is 1.81. The van der Waals surface area contributed by atoms with Gasteiger partial charge in [-0.05, 0) is 35.4 Å². The van der Waals surface area contributed by atoms with Gasteiger partial charge in [0.25, 0.3) is 0 Å². The fraction of sp³-hybridized carbons (Fsp3) is 0.111. The third-order valence-corrected chi connectivity index (χ3v) is 3.13. The molecule has 0 saturated heterocycles. The summed E-state index contributed by atoms with van der Waals surface area (Å²) in [7, 11) is 0. The van der Waals surface area contributed by atoms with Crippen LogP contribution >= 0.6 is 22.9 Å². The highest BCUT2D eigenvalue weighted by Crippen LogP contribution is 2.30. The summed E-state index contributed by atoms with van der Waals surface area (Å²) in [6.45, 7) is 1.95. The van der Waals surface area contributed by atoms with E-state index in [1.165, 1.54) is 17.4 Å². The molecule has 3 heteroatoms. The molecule has 1 aromatic heterocycles. The van der Waals surface area contributed by atoms with Crippen molar-refractivity contribution in [3.05, 3.63) is 33.9 Å². The second-order valence-electron chi connectivity index (χ2n) is 2.68. The van der Waals surface area contributed by atoms with Gasteiger partial charge in [0.05, 0.1) is 4.70 Å². The molecule has 2 aromatic rings. The fourth-order valence-electron chi connectivity index (χ4n) is 1.18. The van der Waals surface area contributed by atoms with Gasteiger partial charge in [0.1, 0.15) is 5.82 Å². The second kappa shape index (κ2) is 2.71. The molecule has 0 aliphatic carbocycles. The fourth-order valence-corrected chi connectivity index (χ4v) is 2.33. The molecule has 0 spiro atoms. The first-order chi connectivity index (χ1) is 5.68. The number of hydrogen-bond donors (Lipinski definition) is 0. The van der Waals surface area contributed by atoms with Gasteiger partial charge in [-0.15, -0.1) is 11.3 Å². The molecule has 0 aliphatic heterocycles. The molecule has 0 N–H and O–H groups in total. The molecule has 62 valence electrons. The maximum atomic E-state index is 13.2. The number of halogens is 2. The molecule has 1 aromatic carbocycles. The van der Waals surface area contributed by atoms with Crippen molar-refractivity contribution in [1.82, 2.24) is 0 Å². The highest BCUT2D eigenvalue weighted by molar-refractivity contribution is 7.17. The molecule has 0 aliphatic rings. The Bertz CT molecular complexity index is 433. The zero-order valence-corrected chi connectivity index (χ0v) is 7.97. The molecule has 0 saturated carbocycles. The lowest BCUT2D eigenvalue weighted by atomic mass is 10.2. The zero-order valence-electron chi connectivity index (χ0n) is 6.40. The van der Waals surface area contributed by atoms with E-state index in [1.807, 2.05) is 12.3 Å². The van der Waals surface area contributed by atoms with Gasteiger partial charge in [-0.1, -0.05) is 11.6 Å². The van der Waals surface area contributed by atoms with Gasteiger partial charge >= 0.3 is 0 Å². The van der Waals surface area contributed by atoms with Crippen LogP contribution in [0.5, 0.6) is 0 Å². The summed E-state index contributed by atoms with van der Waals surface area (Å²) in [6.07, 6.45) is 0. The van der Waals surface area contributed by atoms with Crippen molar-refractivity contribution in [2.24, 2.45) is 0 Å². The smallest absolute Gasteiger partial charge is 0.142 e. The normalized spacial score (nSPS) is 10.9. The molecule has 0 unspecified atom stereocenters. The number of aryl methyl sites for hydroxylation is 1. The minimum Gasteiger partial charge on any atom is -0.205 e. The Balaban J connectivity index is 2.92. The van der Waals surface area contributed by atoms with Crippen molar-refractivity contribution in [2.45, 2.75) is 6.92 Å². The lowest BCUT2D eigenvalue weighted by Crippen LogP contribution is -1.75. The number of rotatable bonds is 0. The monoisotopic (exact) mass is 200 g/mol. The van der Waals surface area contributed by atoms with Gasteiger partial charge in [0.2, 0.25) is 0 Å². The predicted octanol–water partition coefficient (Wildman–Crippen LogP) is 4.00. The molecule has 0 fully saturated rings. The standard InChI is InChI=1S/C9H6ClFS/c1-5-4-12-9-7(5)2-6(10)3-8(9)11/h2-4H,1H3. The van der Waals surface area contributed by atoms with Crippen molar-refractivity contribution in [1.29, 1.82) is 0 Å². The van der Waals surface area contributed by atoms with Crippen LogP contribution < -0.4 is 0 Å². The third kappa shape index (κ3) is 1.11. The lowest BCUT2D eigenvalue weighted by molar-refractivity contribution is 0.642. The van der Waals surface area contributed by atoms with E-state index in [2.05, 4.69) is 0 Å². The average Bonchev–Trinajstić information content (AvgIpc) is 2.33. The molecule has 1 heterocycles. The zero-order chi connectivity index (χ0) is 8.72. The molecule has 0 radical (unpaired) electrons. The summed E-state index contributed by atoms with van der Waals surface area (Å²) in [5.74, 6) is -0.226. The Labute approximate surface area is 78.6 Å². The van der Waals surface area contributed by atoms with Crippen molar-refractivity contribution in [3.8, 4) is 0 Å². The van der Waals surface area contributed by atoms with E-state index in [0.29, 0.717) is 9.72 Å². The Morgan fingerprint density at radius 2 is 2.17 bits per heavy atom. The van der Waals surface area contributed by atoms with E-state index in [0.717, 1.165) is 10.9 Å². The van der Waals surface area contributed by atoms with Crippen molar-refractivity contribution < 1.29 is 4.39 Å². The van der Waals surface area contributed by atoms with Crippen molar-refractivity contribution >= 4 is 33.0 Å². The second-order valence-corrected chi connectivity index (χ2v) is 4.00. The predicted molar refractivity (Wildman–Crippen MR) is 51.5 cm³/mol. The van der Waals surface area contributed by atoms with Crippen LogP contribution in [0.25, 0.3) is 10.1 Å². The molecule has 0 bridgehead atoms. The molecular formula is C9H6ClFS. The third-order valence-electron chi connectivity index (χ3n) is 1.79. The van der Waals surface area contributed by atoms with Crippen LogP contribution in [-0.2, 0) is 0 Å². The first kappa shape index (κ1) is 8.02. The Hall–Kier alpha value is -0.600. The summed E-state index contributed by atoms with van der Waals surface area (Å²) in [4.78, 5) is 0. The number of benzene rings is 1. The van der Waals surface area contributed by atoms with Gasteiger partial charge in [0.15, 0.2) is 0 Å². The van der Waals surface area contributed by atoms with Crippen LogP contribution in [0.1, 0.15) is 5.56 Å². The van der Waals surface area contributed by atoms with Crippen LogP contribution in [0.15, 0.2) is 17.5 Å². The first-order valence-electron chi connectivity index (χ1n) is 3.51. The van der Waals surface area contributed by atoms with Gasteiger partial charge in [-0.3, -0.25) is 0 Å². The van der Waals surface area contributed by atoms with Crippen LogP contribution in [0, 0.1) is 12.7 Å². The van der Waals surface area contributed by atoms with Gasteiger partial charge < -0.3 is 0 Å². The average molecular weight is 201 g/mol. The summed E-state index contributed by atoms with van der Waals surface area (Å²) < 4.78 is 13.9. The molecule has 0 atom stereocenters. The van der Waals surface area contributed by atoms with Gasteiger partial charge in [-0.25, -0.2) is 4.39 Å². The topological polar surface area (TPSA) is 0 Å². The number of thiophene rings is 1. The van der Waals surface area contributed by atoms with Crippen molar-refractivity contribution in [3.63, 3.8) is 0 Å². The van der Waals surface area contributed by atoms with Gasteiger partial charge in [0, 0.05) is 5.02 Å². The quantitative estimate of drug-likeness (QED) is 0.603. The van der Waals surface area contributed by atoms with Crippen LogP contribution in [0.4, 0.5) is 4.39 Å². The number of fused-ring (bicyclic) bond motifs is 1. The van der Waals surface area contributed by atoms with Crippen LogP contribution in [0.3, 0.4) is 0 Å². The van der Waals surface area contributed by atoms with Crippen LogP contribution in [0.2, 0.25) is 5.02 Å². The van der Waals surface area contributed by atoms with E-state index in [1.54, 1.807) is 6.07 Å². The van der Waals surface area contributed by atoms with E-state index in [-0.39, 0.29) is 5.82 Å². The largest absolute Gasteiger partial charge is 0.205 e. The summed E-state index contributed by atoms with van der Waals surface area (Å²) in [6, 6.07) is 3.14. The van der Waals surface area contributed by atoms with Crippen LogP contribution in [-0.4, -0.2) is 0 Å². The summed E-state index contributed by atoms with van der Waals surface area (Å²) >= 11 is 7.13. The molecule has 0 nitrogen and oxygen atoms in total. The maximum Gasteiger partial charge on any atom is 0.142 e. The molecule has 0 amide bonds. The lowest BCUT2D eigenvalue weighted by Gasteiger charge is -1.94. The molecule has 2 rings (SSSR count). The number of hydrogen-bond acceptors (Lipinski definition) is 1. The summed E-state index contributed by atoms with van der Waals surface area (Å²) in [5, 5.41) is 3.32. The highest BCUT2D eigenvalue weighted by Gasteiger charge is 2.06. The maximum absolute atomic E-state index is 13.2. The molecule has 12 heavy (non-hydrogen) atoms. The minimum absolute atomic E-state index is 0.226.